The van der Waals surface area contributed by atoms with Crippen molar-refractivity contribution < 1.29 is 14.7 Å². The van der Waals surface area contributed by atoms with Gasteiger partial charge in [0.1, 0.15) is 5.82 Å². The van der Waals surface area contributed by atoms with E-state index in [1.54, 1.807) is 20.0 Å². The van der Waals surface area contributed by atoms with Crippen LogP contribution in [0.15, 0.2) is 6.20 Å². The van der Waals surface area contributed by atoms with Crippen molar-refractivity contribution in [1.82, 2.24) is 10.2 Å². The third kappa shape index (κ3) is 1.79. The van der Waals surface area contributed by atoms with Crippen LogP contribution >= 0.6 is 0 Å². The fourth-order valence-electron chi connectivity index (χ4n) is 2.26. The Hall–Kier alpha value is -1.85. The molecule has 0 aliphatic heterocycles. The van der Waals surface area contributed by atoms with Crippen molar-refractivity contribution in [3.8, 4) is 0 Å². The Labute approximate surface area is 98.4 Å². The monoisotopic (exact) mass is 237 g/mol. The molecule has 1 aliphatic carbocycles. The van der Waals surface area contributed by atoms with E-state index in [1.807, 2.05) is 6.92 Å². The van der Waals surface area contributed by atoms with Crippen LogP contribution in [-0.2, 0) is 9.59 Å². The molecule has 0 spiro atoms. The maximum Gasteiger partial charge on any atom is 0.307 e. The Kier molecular flexibility index (Phi) is 2.45. The molecule has 1 heterocycles. The number of H-pyrrole nitrogens is 1. The van der Waals surface area contributed by atoms with Crippen molar-refractivity contribution in [2.75, 3.05) is 5.32 Å². The van der Waals surface area contributed by atoms with Crippen LogP contribution in [0.1, 0.15) is 19.4 Å². The van der Waals surface area contributed by atoms with E-state index in [0.717, 1.165) is 5.56 Å². The molecular formula is C11H15N3O3. The predicted octanol–water partition coefficient (Wildman–Crippen LogP) is 1.01. The molecule has 2 atom stereocenters. The van der Waals surface area contributed by atoms with E-state index in [4.69, 9.17) is 5.11 Å². The number of anilines is 1. The highest BCUT2D eigenvalue weighted by Crippen LogP contribution is 2.58. The SMILES string of the molecule is Cc1cn[nH]c1NC(=O)C1C(C(=O)O)C1(C)C. The second-order valence-corrected chi connectivity index (χ2v) is 5.03. The van der Waals surface area contributed by atoms with E-state index in [0.29, 0.717) is 5.82 Å². The molecule has 1 fully saturated rings. The zero-order valence-corrected chi connectivity index (χ0v) is 9.94. The first-order valence-electron chi connectivity index (χ1n) is 5.39. The number of hydrogen-bond acceptors (Lipinski definition) is 3. The molecule has 1 aromatic rings. The van der Waals surface area contributed by atoms with Crippen LogP contribution in [0, 0.1) is 24.2 Å². The van der Waals surface area contributed by atoms with Crippen molar-refractivity contribution in [2.45, 2.75) is 20.8 Å². The zero-order valence-electron chi connectivity index (χ0n) is 9.94. The lowest BCUT2D eigenvalue weighted by Crippen LogP contribution is -2.18. The predicted molar refractivity (Wildman–Crippen MR) is 60.4 cm³/mol. The molecule has 0 radical (unpaired) electrons. The molecule has 1 aliphatic rings. The summed E-state index contributed by atoms with van der Waals surface area (Å²) in [5.41, 5.74) is 0.341. The fourth-order valence-corrected chi connectivity index (χ4v) is 2.26. The highest BCUT2D eigenvalue weighted by atomic mass is 16.4. The van der Waals surface area contributed by atoms with Crippen LogP contribution in [-0.4, -0.2) is 27.2 Å². The van der Waals surface area contributed by atoms with E-state index >= 15 is 0 Å². The largest absolute Gasteiger partial charge is 0.481 e. The van der Waals surface area contributed by atoms with Gasteiger partial charge >= 0.3 is 5.97 Å². The average Bonchev–Trinajstić information content (AvgIpc) is 2.58. The highest BCUT2D eigenvalue weighted by molar-refractivity contribution is 5.99. The van der Waals surface area contributed by atoms with Gasteiger partial charge in [-0.2, -0.15) is 5.10 Å². The van der Waals surface area contributed by atoms with Gasteiger partial charge < -0.3 is 10.4 Å². The molecule has 2 rings (SSSR count). The molecule has 0 aromatic carbocycles. The van der Waals surface area contributed by atoms with E-state index in [-0.39, 0.29) is 5.91 Å². The first-order valence-corrected chi connectivity index (χ1v) is 5.39. The Morgan fingerprint density at radius 3 is 2.53 bits per heavy atom. The summed E-state index contributed by atoms with van der Waals surface area (Å²) >= 11 is 0. The van der Waals surface area contributed by atoms with Gasteiger partial charge in [0.05, 0.1) is 18.0 Å². The van der Waals surface area contributed by atoms with Crippen molar-refractivity contribution in [2.24, 2.45) is 17.3 Å². The molecule has 0 saturated heterocycles. The highest BCUT2D eigenvalue weighted by Gasteiger charge is 2.65. The maximum absolute atomic E-state index is 11.9. The maximum atomic E-state index is 11.9. The molecule has 1 aromatic heterocycles. The third-order valence-electron chi connectivity index (χ3n) is 3.45. The third-order valence-corrected chi connectivity index (χ3v) is 3.45. The lowest BCUT2D eigenvalue weighted by Gasteiger charge is -2.04. The summed E-state index contributed by atoms with van der Waals surface area (Å²) in [6, 6.07) is 0. The summed E-state index contributed by atoms with van der Waals surface area (Å²) in [5.74, 6) is -1.75. The topological polar surface area (TPSA) is 95.1 Å². The van der Waals surface area contributed by atoms with E-state index < -0.39 is 23.2 Å². The molecule has 92 valence electrons. The Morgan fingerprint density at radius 1 is 1.47 bits per heavy atom. The lowest BCUT2D eigenvalue weighted by molar-refractivity contribution is -0.140. The molecule has 3 N–H and O–H groups in total. The normalized spacial score (nSPS) is 25.4. The van der Waals surface area contributed by atoms with Crippen LogP contribution < -0.4 is 5.32 Å². The van der Waals surface area contributed by atoms with Crippen molar-refractivity contribution >= 4 is 17.7 Å². The number of amides is 1. The molecule has 17 heavy (non-hydrogen) atoms. The van der Waals surface area contributed by atoms with Crippen LogP contribution in [0.25, 0.3) is 0 Å². The molecule has 0 bridgehead atoms. The van der Waals surface area contributed by atoms with Crippen molar-refractivity contribution in [3.05, 3.63) is 11.8 Å². The van der Waals surface area contributed by atoms with E-state index in [1.165, 1.54) is 0 Å². The van der Waals surface area contributed by atoms with Crippen LogP contribution in [0.3, 0.4) is 0 Å². The molecule has 1 saturated carbocycles. The van der Waals surface area contributed by atoms with E-state index in [9.17, 15) is 9.59 Å². The van der Waals surface area contributed by atoms with Gasteiger partial charge in [-0.1, -0.05) is 13.8 Å². The number of carboxylic acids is 1. The van der Waals surface area contributed by atoms with Crippen molar-refractivity contribution in [3.63, 3.8) is 0 Å². The first-order chi connectivity index (χ1) is 7.85. The summed E-state index contributed by atoms with van der Waals surface area (Å²) < 4.78 is 0. The van der Waals surface area contributed by atoms with Crippen LogP contribution in [0.2, 0.25) is 0 Å². The molecule has 2 unspecified atom stereocenters. The summed E-state index contributed by atoms with van der Waals surface area (Å²) in [4.78, 5) is 22.9. The summed E-state index contributed by atoms with van der Waals surface area (Å²) in [5, 5.41) is 18.1. The Bertz CT molecular complexity index is 478. The van der Waals surface area contributed by atoms with Gasteiger partial charge in [-0.25, -0.2) is 0 Å². The number of carbonyl (C=O) groups is 2. The molecule has 6 heteroatoms. The van der Waals surface area contributed by atoms with Gasteiger partial charge in [-0.3, -0.25) is 14.7 Å². The summed E-state index contributed by atoms with van der Waals surface area (Å²) in [7, 11) is 0. The fraction of sp³-hybridized carbons (Fsp3) is 0.545. The zero-order chi connectivity index (χ0) is 12.8. The number of carbonyl (C=O) groups excluding carboxylic acids is 1. The summed E-state index contributed by atoms with van der Waals surface area (Å²) in [6.07, 6.45) is 1.60. The van der Waals surface area contributed by atoms with Crippen molar-refractivity contribution in [1.29, 1.82) is 0 Å². The van der Waals surface area contributed by atoms with Crippen LogP contribution in [0.5, 0.6) is 0 Å². The number of aliphatic carboxylic acids is 1. The minimum absolute atomic E-state index is 0.269. The molecular weight excluding hydrogens is 222 g/mol. The average molecular weight is 237 g/mol. The van der Waals surface area contributed by atoms with Crippen LogP contribution in [0.4, 0.5) is 5.82 Å². The molecule has 1 amide bonds. The van der Waals surface area contributed by atoms with Gasteiger partial charge in [0, 0.05) is 5.56 Å². The number of aromatic amines is 1. The quantitative estimate of drug-likeness (QED) is 0.731. The number of aryl methyl sites for hydroxylation is 1. The standard InChI is InChI=1S/C11H15N3O3/c1-5-4-12-14-8(5)13-9(15)6-7(10(16)17)11(6,2)3/h4,6-7H,1-3H3,(H,16,17)(H2,12,13,14,15). The van der Waals surface area contributed by atoms with Gasteiger partial charge in [0.25, 0.3) is 0 Å². The number of rotatable bonds is 3. The van der Waals surface area contributed by atoms with Gasteiger partial charge in [-0.15, -0.1) is 0 Å². The first kappa shape index (κ1) is 11.6. The minimum atomic E-state index is -0.920. The van der Waals surface area contributed by atoms with E-state index in [2.05, 4.69) is 15.5 Å². The number of aromatic nitrogens is 2. The van der Waals surface area contributed by atoms with Gasteiger partial charge in [-0.05, 0) is 12.3 Å². The number of nitrogens with zero attached hydrogens (tertiary/aromatic N) is 1. The second-order valence-electron chi connectivity index (χ2n) is 5.03. The van der Waals surface area contributed by atoms with Gasteiger partial charge in [0.15, 0.2) is 0 Å². The number of carboxylic acid groups (broad SMARTS) is 1. The number of hydrogen-bond donors (Lipinski definition) is 3. The smallest absolute Gasteiger partial charge is 0.307 e. The molecule has 6 nitrogen and oxygen atoms in total. The Balaban J connectivity index is 2.08. The Morgan fingerprint density at radius 2 is 2.12 bits per heavy atom. The minimum Gasteiger partial charge on any atom is -0.481 e. The second kappa shape index (κ2) is 3.58. The number of nitrogens with one attached hydrogen (secondary N) is 2. The lowest BCUT2D eigenvalue weighted by atomic mass is 10.1. The summed E-state index contributed by atoms with van der Waals surface area (Å²) in [6.45, 7) is 5.39. The van der Waals surface area contributed by atoms with Gasteiger partial charge in [0.2, 0.25) is 5.91 Å².